The minimum absolute atomic E-state index is 0.192. The molecule has 1 atom stereocenters. The van der Waals surface area contributed by atoms with Crippen molar-refractivity contribution in [1.82, 2.24) is 0 Å². The maximum atomic E-state index is 5.23. The summed E-state index contributed by atoms with van der Waals surface area (Å²) in [5.41, 5.74) is 5.58. The molecule has 0 aromatic heterocycles. The Morgan fingerprint density at radius 1 is 0.633 bits per heavy atom. The molecule has 2 nitrogen and oxygen atoms in total. The third kappa shape index (κ3) is 4.84. The van der Waals surface area contributed by atoms with Gasteiger partial charge in [-0.05, 0) is 31.0 Å². The summed E-state index contributed by atoms with van der Waals surface area (Å²) in [7, 11) is 0. The summed E-state index contributed by atoms with van der Waals surface area (Å²) in [5.74, 6) is 0. The molecule has 0 saturated heterocycles. The van der Waals surface area contributed by atoms with Gasteiger partial charge in [0.25, 0.3) is 0 Å². The van der Waals surface area contributed by atoms with E-state index in [1.165, 1.54) is 5.56 Å². The van der Waals surface area contributed by atoms with Crippen molar-refractivity contribution in [2.24, 2.45) is 5.10 Å². The number of anilines is 1. The summed E-state index contributed by atoms with van der Waals surface area (Å²) < 4.78 is 0. The van der Waals surface area contributed by atoms with Gasteiger partial charge in [-0.25, -0.2) is 0 Å². The molecule has 2 heteroatoms. The van der Waals surface area contributed by atoms with Gasteiger partial charge in [0.2, 0.25) is 0 Å². The molecule has 0 aliphatic heterocycles. The second-order valence-electron chi connectivity index (χ2n) is 7.40. The van der Waals surface area contributed by atoms with Gasteiger partial charge in [0.15, 0.2) is 0 Å². The monoisotopic (exact) mass is 390 g/mol. The quantitative estimate of drug-likeness (QED) is 0.257. The highest BCUT2D eigenvalue weighted by atomic mass is 15.5. The molecule has 4 rings (SSSR count). The largest absolute Gasteiger partial charge is 0.262 e. The lowest BCUT2D eigenvalue weighted by Gasteiger charge is -2.28. The second kappa shape index (κ2) is 9.71. The SMILES string of the molecule is CC(Cc1ccccc1)N(N=C(c1ccccc1)c1ccccc1)c1ccccc1. The van der Waals surface area contributed by atoms with Crippen molar-refractivity contribution in [1.29, 1.82) is 0 Å². The molecule has 30 heavy (non-hydrogen) atoms. The van der Waals surface area contributed by atoms with Crippen LogP contribution in [0.4, 0.5) is 5.69 Å². The normalized spacial score (nSPS) is 11.5. The number of para-hydroxylation sites is 1. The van der Waals surface area contributed by atoms with Crippen molar-refractivity contribution >= 4 is 11.4 Å². The summed E-state index contributed by atoms with van der Waals surface area (Å²) in [6.07, 6.45) is 0.913. The van der Waals surface area contributed by atoms with Crippen LogP contribution in [0, 0.1) is 0 Å². The highest BCUT2D eigenvalue weighted by Gasteiger charge is 2.17. The fraction of sp³-hybridized carbons (Fsp3) is 0.107. The summed E-state index contributed by atoms with van der Waals surface area (Å²) in [4.78, 5) is 0. The fourth-order valence-electron chi connectivity index (χ4n) is 3.62. The molecule has 148 valence electrons. The Morgan fingerprint density at radius 2 is 1.07 bits per heavy atom. The predicted octanol–water partition coefficient (Wildman–Crippen LogP) is 6.58. The van der Waals surface area contributed by atoms with Gasteiger partial charge in [0.05, 0.1) is 17.4 Å². The molecule has 0 heterocycles. The first kappa shape index (κ1) is 19.7. The van der Waals surface area contributed by atoms with Crippen molar-refractivity contribution < 1.29 is 0 Å². The smallest absolute Gasteiger partial charge is 0.0980 e. The van der Waals surface area contributed by atoms with Gasteiger partial charge in [0.1, 0.15) is 0 Å². The van der Waals surface area contributed by atoms with E-state index in [9.17, 15) is 0 Å². The number of nitrogens with zero attached hydrogens (tertiary/aromatic N) is 2. The van der Waals surface area contributed by atoms with E-state index in [0.717, 1.165) is 28.9 Å². The Balaban J connectivity index is 1.79. The first-order chi connectivity index (χ1) is 14.8. The van der Waals surface area contributed by atoms with E-state index in [-0.39, 0.29) is 6.04 Å². The molecule has 0 bridgehead atoms. The Labute approximate surface area is 179 Å². The van der Waals surface area contributed by atoms with Gasteiger partial charge in [-0.3, -0.25) is 5.01 Å². The van der Waals surface area contributed by atoms with Crippen molar-refractivity contribution in [3.05, 3.63) is 138 Å². The minimum atomic E-state index is 0.192. The summed E-state index contributed by atoms with van der Waals surface area (Å²) in [6, 6.07) is 42.0. The van der Waals surface area contributed by atoms with Gasteiger partial charge in [0, 0.05) is 11.1 Å². The number of hydrogen-bond acceptors (Lipinski definition) is 2. The van der Waals surface area contributed by atoms with Crippen LogP contribution < -0.4 is 5.01 Å². The van der Waals surface area contributed by atoms with Gasteiger partial charge >= 0.3 is 0 Å². The molecule has 0 radical (unpaired) electrons. The lowest BCUT2D eigenvalue weighted by Crippen LogP contribution is -2.31. The average Bonchev–Trinajstić information content (AvgIpc) is 2.82. The van der Waals surface area contributed by atoms with Crippen molar-refractivity contribution in [2.75, 3.05) is 5.01 Å². The number of hydrazone groups is 1. The number of benzene rings is 4. The highest BCUT2D eigenvalue weighted by Crippen LogP contribution is 2.22. The van der Waals surface area contributed by atoms with Crippen LogP contribution >= 0.6 is 0 Å². The Kier molecular flexibility index (Phi) is 6.36. The van der Waals surface area contributed by atoms with Crippen LogP contribution in [-0.2, 0) is 6.42 Å². The van der Waals surface area contributed by atoms with Crippen molar-refractivity contribution in [2.45, 2.75) is 19.4 Å². The molecule has 1 unspecified atom stereocenters. The third-order valence-electron chi connectivity index (χ3n) is 5.11. The maximum Gasteiger partial charge on any atom is 0.0980 e. The van der Waals surface area contributed by atoms with Gasteiger partial charge < -0.3 is 0 Å². The van der Waals surface area contributed by atoms with E-state index >= 15 is 0 Å². The summed E-state index contributed by atoms with van der Waals surface area (Å²) in [6.45, 7) is 2.23. The molecule has 4 aromatic carbocycles. The Bertz CT molecular complexity index is 1020. The van der Waals surface area contributed by atoms with E-state index < -0.39 is 0 Å². The molecule has 0 aliphatic carbocycles. The Morgan fingerprint density at radius 3 is 1.57 bits per heavy atom. The van der Waals surface area contributed by atoms with Crippen LogP contribution in [0.5, 0.6) is 0 Å². The average molecular weight is 391 g/mol. The van der Waals surface area contributed by atoms with E-state index in [0.29, 0.717) is 0 Å². The van der Waals surface area contributed by atoms with Crippen LogP contribution in [0.1, 0.15) is 23.6 Å². The predicted molar refractivity (Wildman–Crippen MR) is 127 cm³/mol. The molecule has 0 aliphatic rings. The third-order valence-corrected chi connectivity index (χ3v) is 5.11. The first-order valence-electron chi connectivity index (χ1n) is 10.4. The van der Waals surface area contributed by atoms with Crippen LogP contribution in [0.15, 0.2) is 126 Å². The molecular weight excluding hydrogens is 364 g/mol. The first-order valence-corrected chi connectivity index (χ1v) is 10.4. The molecule has 0 N–H and O–H groups in total. The van der Waals surface area contributed by atoms with Gasteiger partial charge in [-0.15, -0.1) is 0 Å². The molecule has 4 aromatic rings. The zero-order valence-electron chi connectivity index (χ0n) is 17.2. The molecular formula is C28H26N2. The van der Waals surface area contributed by atoms with Crippen molar-refractivity contribution in [3.8, 4) is 0 Å². The summed E-state index contributed by atoms with van der Waals surface area (Å²) in [5, 5.41) is 7.39. The van der Waals surface area contributed by atoms with Crippen LogP contribution in [0.3, 0.4) is 0 Å². The van der Waals surface area contributed by atoms with E-state index in [4.69, 9.17) is 5.10 Å². The van der Waals surface area contributed by atoms with E-state index in [1.54, 1.807) is 0 Å². The highest BCUT2D eigenvalue weighted by molar-refractivity contribution is 6.13. The number of rotatable bonds is 7. The van der Waals surface area contributed by atoms with E-state index in [1.807, 2.05) is 18.2 Å². The van der Waals surface area contributed by atoms with Gasteiger partial charge in [-0.2, -0.15) is 5.10 Å². The maximum absolute atomic E-state index is 5.23. The topological polar surface area (TPSA) is 15.6 Å². The lowest BCUT2D eigenvalue weighted by atomic mass is 10.0. The van der Waals surface area contributed by atoms with Crippen LogP contribution in [0.2, 0.25) is 0 Å². The molecule has 0 amide bonds. The molecule has 0 fully saturated rings. The zero-order valence-corrected chi connectivity index (χ0v) is 17.2. The van der Waals surface area contributed by atoms with Crippen LogP contribution in [-0.4, -0.2) is 11.8 Å². The fourth-order valence-corrected chi connectivity index (χ4v) is 3.62. The summed E-state index contributed by atoms with van der Waals surface area (Å²) >= 11 is 0. The minimum Gasteiger partial charge on any atom is -0.262 e. The standard InChI is InChI=1S/C28H26N2/c1-23(22-24-14-6-2-7-15-24)30(27-20-12-5-13-21-27)29-28(25-16-8-3-9-17-25)26-18-10-4-11-19-26/h2-21,23H,22H2,1H3. The van der Waals surface area contributed by atoms with Gasteiger partial charge in [-0.1, -0.05) is 109 Å². The van der Waals surface area contributed by atoms with E-state index in [2.05, 4.69) is 115 Å². The van der Waals surface area contributed by atoms with Crippen LogP contribution in [0.25, 0.3) is 0 Å². The zero-order chi connectivity index (χ0) is 20.6. The molecule has 0 saturated carbocycles. The second-order valence-corrected chi connectivity index (χ2v) is 7.40. The molecule has 0 spiro atoms. The Hall–Kier alpha value is -3.65. The lowest BCUT2D eigenvalue weighted by molar-refractivity contribution is 0.651. The van der Waals surface area contributed by atoms with Crippen molar-refractivity contribution in [3.63, 3.8) is 0 Å². The number of hydrogen-bond donors (Lipinski definition) is 0.